The minimum Gasteiger partial charge on any atom is -0.355 e. The number of carbonyl (C=O) groups excluding carboxylic acids is 1. The normalized spacial score (nSPS) is 18.0. The van der Waals surface area contributed by atoms with Gasteiger partial charge in [-0.2, -0.15) is 0 Å². The molecule has 0 spiro atoms. The second-order valence-corrected chi connectivity index (χ2v) is 7.18. The van der Waals surface area contributed by atoms with E-state index in [4.69, 9.17) is 23.2 Å². The molecule has 26 heavy (non-hydrogen) atoms. The summed E-state index contributed by atoms with van der Waals surface area (Å²) in [7, 11) is 1.98. The quantitative estimate of drug-likeness (QED) is 0.785. The number of amides is 1. The van der Waals surface area contributed by atoms with Crippen molar-refractivity contribution in [2.45, 2.75) is 12.5 Å². The molecule has 6 nitrogen and oxygen atoms in total. The smallest absolute Gasteiger partial charge is 0.234 e. The molecule has 140 valence electrons. The third-order valence-electron chi connectivity index (χ3n) is 4.61. The summed E-state index contributed by atoms with van der Waals surface area (Å²) in [6.45, 7) is 3.34. The van der Waals surface area contributed by atoms with Gasteiger partial charge in [-0.3, -0.25) is 9.69 Å². The first-order valence-corrected chi connectivity index (χ1v) is 9.43. The highest BCUT2D eigenvalue weighted by atomic mass is 35.5. The van der Waals surface area contributed by atoms with Crippen molar-refractivity contribution in [1.29, 1.82) is 0 Å². The summed E-state index contributed by atoms with van der Waals surface area (Å²) in [5.41, 5.74) is 0.938. The van der Waals surface area contributed by atoms with Gasteiger partial charge in [-0.25, -0.2) is 4.98 Å². The first kappa shape index (κ1) is 19.2. The van der Waals surface area contributed by atoms with Crippen LogP contribution in [0.3, 0.4) is 0 Å². The van der Waals surface area contributed by atoms with E-state index in [2.05, 4.69) is 20.5 Å². The summed E-state index contributed by atoms with van der Waals surface area (Å²) in [6.07, 6.45) is 4.36. The molecule has 0 saturated carbocycles. The molecular formula is C18H23Cl2N5O. The Labute approximate surface area is 163 Å². The van der Waals surface area contributed by atoms with E-state index in [1.165, 1.54) is 0 Å². The molecule has 1 saturated heterocycles. The van der Waals surface area contributed by atoms with Gasteiger partial charge in [0.25, 0.3) is 0 Å². The van der Waals surface area contributed by atoms with Crippen LogP contribution in [0, 0.1) is 0 Å². The van der Waals surface area contributed by atoms with Gasteiger partial charge in [0.1, 0.15) is 5.82 Å². The van der Waals surface area contributed by atoms with Crippen molar-refractivity contribution < 1.29 is 4.79 Å². The predicted octanol–water partition coefficient (Wildman–Crippen LogP) is 2.03. The summed E-state index contributed by atoms with van der Waals surface area (Å²) in [5, 5.41) is 7.44. The molecule has 1 atom stereocenters. The van der Waals surface area contributed by atoms with Crippen LogP contribution in [0.2, 0.25) is 10.0 Å². The molecule has 2 heterocycles. The Morgan fingerprint density at radius 1 is 1.42 bits per heavy atom. The van der Waals surface area contributed by atoms with Crippen LogP contribution in [0.25, 0.3) is 0 Å². The molecule has 3 rings (SSSR count). The van der Waals surface area contributed by atoms with Crippen LogP contribution in [0.4, 0.5) is 0 Å². The average Bonchev–Trinajstić information content (AvgIpc) is 3.05. The third kappa shape index (κ3) is 4.57. The van der Waals surface area contributed by atoms with Crippen molar-refractivity contribution in [3.63, 3.8) is 0 Å². The molecule has 0 bridgehead atoms. The van der Waals surface area contributed by atoms with E-state index in [1.807, 2.05) is 29.9 Å². The fraction of sp³-hybridized carbons (Fsp3) is 0.444. The number of hydrogen-bond acceptors (Lipinski definition) is 4. The minimum atomic E-state index is 0.00394. The second kappa shape index (κ2) is 8.86. The maximum absolute atomic E-state index is 12.4. The maximum atomic E-state index is 12.4. The monoisotopic (exact) mass is 395 g/mol. The third-order valence-corrected chi connectivity index (χ3v) is 5.46. The number of nitrogens with one attached hydrogen (secondary N) is 2. The highest BCUT2D eigenvalue weighted by Gasteiger charge is 2.28. The topological polar surface area (TPSA) is 62.2 Å². The summed E-state index contributed by atoms with van der Waals surface area (Å²) in [4.78, 5) is 19.0. The van der Waals surface area contributed by atoms with Crippen LogP contribution in [-0.4, -0.2) is 53.1 Å². The lowest BCUT2D eigenvalue weighted by Gasteiger charge is -2.35. The van der Waals surface area contributed by atoms with E-state index < -0.39 is 0 Å². The number of benzene rings is 1. The van der Waals surface area contributed by atoms with Gasteiger partial charge in [-0.05, 0) is 18.1 Å². The standard InChI is InChI=1S/C18H23Cl2N5O/c1-24-9-8-23-18(24)15-11-21-7-10-25(15)12-16(26)22-6-5-13-3-2-4-14(19)17(13)20/h2-4,8-9,15,21H,5-7,10-12H2,1H3,(H,22,26). The first-order valence-electron chi connectivity index (χ1n) is 8.68. The van der Waals surface area contributed by atoms with E-state index in [0.29, 0.717) is 29.6 Å². The SMILES string of the molecule is Cn1ccnc1C1CNCCN1CC(=O)NCCc1cccc(Cl)c1Cl. The molecule has 0 aliphatic carbocycles. The van der Waals surface area contributed by atoms with Crippen LogP contribution < -0.4 is 10.6 Å². The van der Waals surface area contributed by atoms with Gasteiger partial charge in [0.2, 0.25) is 5.91 Å². The molecule has 1 unspecified atom stereocenters. The maximum Gasteiger partial charge on any atom is 0.234 e. The summed E-state index contributed by atoms with van der Waals surface area (Å²) in [5.74, 6) is 0.972. The van der Waals surface area contributed by atoms with E-state index in [-0.39, 0.29) is 11.9 Å². The number of hydrogen-bond donors (Lipinski definition) is 2. The zero-order valence-corrected chi connectivity index (χ0v) is 16.2. The predicted molar refractivity (Wildman–Crippen MR) is 104 cm³/mol. The molecule has 8 heteroatoms. The Bertz CT molecular complexity index is 764. The van der Waals surface area contributed by atoms with Gasteiger partial charge in [-0.15, -0.1) is 0 Å². The fourth-order valence-electron chi connectivity index (χ4n) is 3.21. The number of nitrogens with zero attached hydrogens (tertiary/aromatic N) is 3. The fourth-order valence-corrected chi connectivity index (χ4v) is 3.62. The van der Waals surface area contributed by atoms with Crippen molar-refractivity contribution in [1.82, 2.24) is 25.1 Å². The van der Waals surface area contributed by atoms with Gasteiger partial charge >= 0.3 is 0 Å². The summed E-state index contributed by atoms with van der Waals surface area (Å²) in [6, 6.07) is 5.64. The molecule has 1 aliphatic heterocycles. The van der Waals surface area contributed by atoms with Crippen LogP contribution >= 0.6 is 23.2 Å². The van der Waals surface area contributed by atoms with E-state index in [1.54, 1.807) is 12.3 Å². The van der Waals surface area contributed by atoms with Crippen molar-refractivity contribution in [3.8, 4) is 0 Å². The van der Waals surface area contributed by atoms with Gasteiger partial charge < -0.3 is 15.2 Å². The molecule has 2 N–H and O–H groups in total. The van der Waals surface area contributed by atoms with Crippen LogP contribution in [-0.2, 0) is 18.3 Å². The molecule has 1 aromatic carbocycles. The zero-order chi connectivity index (χ0) is 18.5. The summed E-state index contributed by atoms with van der Waals surface area (Å²) >= 11 is 12.2. The van der Waals surface area contributed by atoms with Gasteiger partial charge in [-0.1, -0.05) is 35.3 Å². The van der Waals surface area contributed by atoms with Crippen molar-refractivity contribution >= 4 is 29.1 Å². The zero-order valence-electron chi connectivity index (χ0n) is 14.7. The largest absolute Gasteiger partial charge is 0.355 e. The molecule has 1 aliphatic rings. The van der Waals surface area contributed by atoms with E-state index in [0.717, 1.165) is 31.0 Å². The number of piperazine rings is 1. The lowest BCUT2D eigenvalue weighted by Crippen LogP contribution is -2.50. The Morgan fingerprint density at radius 3 is 3.04 bits per heavy atom. The lowest BCUT2D eigenvalue weighted by molar-refractivity contribution is -0.123. The highest BCUT2D eigenvalue weighted by Crippen LogP contribution is 2.25. The molecule has 0 radical (unpaired) electrons. The summed E-state index contributed by atoms with van der Waals surface area (Å²) < 4.78 is 2.00. The molecular weight excluding hydrogens is 373 g/mol. The Balaban J connectivity index is 1.53. The average molecular weight is 396 g/mol. The van der Waals surface area contributed by atoms with Crippen LogP contribution in [0.5, 0.6) is 0 Å². The van der Waals surface area contributed by atoms with Crippen LogP contribution in [0.1, 0.15) is 17.4 Å². The molecule has 1 aromatic heterocycles. The number of halogens is 2. The van der Waals surface area contributed by atoms with E-state index >= 15 is 0 Å². The van der Waals surface area contributed by atoms with Gasteiger partial charge in [0.05, 0.1) is 22.6 Å². The van der Waals surface area contributed by atoms with Gasteiger partial charge in [0, 0.05) is 45.6 Å². The number of carbonyl (C=O) groups is 1. The number of aryl methyl sites for hydroxylation is 1. The number of rotatable bonds is 6. The van der Waals surface area contributed by atoms with Crippen molar-refractivity contribution in [2.24, 2.45) is 7.05 Å². The Kier molecular flexibility index (Phi) is 6.53. The van der Waals surface area contributed by atoms with Crippen molar-refractivity contribution in [3.05, 3.63) is 52.0 Å². The molecule has 1 amide bonds. The lowest BCUT2D eigenvalue weighted by atomic mass is 10.1. The Hall–Kier alpha value is -1.60. The number of aromatic nitrogens is 2. The first-order chi connectivity index (χ1) is 12.6. The number of imidazole rings is 1. The van der Waals surface area contributed by atoms with Crippen molar-refractivity contribution in [2.75, 3.05) is 32.7 Å². The van der Waals surface area contributed by atoms with E-state index in [9.17, 15) is 4.79 Å². The molecule has 2 aromatic rings. The molecule has 1 fully saturated rings. The highest BCUT2D eigenvalue weighted by molar-refractivity contribution is 6.42. The van der Waals surface area contributed by atoms with Crippen LogP contribution in [0.15, 0.2) is 30.6 Å². The Morgan fingerprint density at radius 2 is 2.27 bits per heavy atom. The van der Waals surface area contributed by atoms with Gasteiger partial charge in [0.15, 0.2) is 0 Å². The minimum absolute atomic E-state index is 0.00394. The second-order valence-electron chi connectivity index (χ2n) is 6.40.